The predicted octanol–water partition coefficient (Wildman–Crippen LogP) is 4.79. The fraction of sp³-hybridized carbons (Fsp3) is 0.444. The summed E-state index contributed by atoms with van der Waals surface area (Å²) in [5.74, 6) is 0.365. The van der Waals surface area contributed by atoms with Gasteiger partial charge >= 0.3 is 6.18 Å². The van der Waals surface area contributed by atoms with Crippen LogP contribution >= 0.6 is 0 Å². The highest BCUT2D eigenvalue weighted by Gasteiger charge is 2.35. The number of amides is 1. The van der Waals surface area contributed by atoms with Crippen LogP contribution in [0.15, 0.2) is 34.9 Å². The third kappa shape index (κ3) is 3.55. The van der Waals surface area contributed by atoms with E-state index < -0.39 is 17.6 Å². The van der Waals surface area contributed by atoms with Crippen LogP contribution in [0.25, 0.3) is 0 Å². The molecule has 25 heavy (non-hydrogen) atoms. The molecule has 1 aliphatic rings. The van der Waals surface area contributed by atoms with Gasteiger partial charge in [0, 0.05) is 18.2 Å². The van der Waals surface area contributed by atoms with Crippen LogP contribution in [0, 0.1) is 0 Å². The van der Waals surface area contributed by atoms with Crippen molar-refractivity contribution in [2.24, 2.45) is 0 Å². The van der Waals surface area contributed by atoms with E-state index >= 15 is 0 Å². The zero-order valence-corrected chi connectivity index (χ0v) is 14.0. The van der Waals surface area contributed by atoms with Gasteiger partial charge in [0.15, 0.2) is 5.76 Å². The monoisotopic (exact) mass is 352 g/mol. The molecule has 0 saturated carbocycles. The van der Waals surface area contributed by atoms with Crippen molar-refractivity contribution in [3.8, 4) is 0 Å². The van der Waals surface area contributed by atoms with Crippen LogP contribution in [-0.4, -0.2) is 22.5 Å². The molecule has 1 atom stereocenters. The summed E-state index contributed by atoms with van der Waals surface area (Å²) in [6.07, 6.45) is -3.00. The van der Waals surface area contributed by atoms with Gasteiger partial charge in [-0.2, -0.15) is 13.2 Å². The molecule has 1 fully saturated rings. The first-order chi connectivity index (χ1) is 11.8. The van der Waals surface area contributed by atoms with Crippen LogP contribution < -0.4 is 0 Å². The average molecular weight is 352 g/mol. The molecule has 0 N–H and O–H groups in total. The normalized spacial score (nSPS) is 18.2. The quantitative estimate of drug-likeness (QED) is 0.797. The Morgan fingerprint density at radius 1 is 1.32 bits per heavy atom. The highest BCUT2D eigenvalue weighted by Crippen LogP contribution is 2.35. The van der Waals surface area contributed by atoms with E-state index in [0.29, 0.717) is 18.7 Å². The van der Waals surface area contributed by atoms with Crippen LogP contribution in [0.4, 0.5) is 13.2 Å². The molecular weight excluding hydrogens is 333 g/mol. The summed E-state index contributed by atoms with van der Waals surface area (Å²) in [6, 6.07) is 6.07. The second-order valence-electron chi connectivity index (χ2n) is 6.54. The fourth-order valence-corrected chi connectivity index (χ4v) is 3.03. The van der Waals surface area contributed by atoms with E-state index in [2.05, 4.69) is 5.16 Å². The van der Waals surface area contributed by atoms with Crippen LogP contribution in [0.5, 0.6) is 0 Å². The summed E-state index contributed by atoms with van der Waals surface area (Å²) in [4.78, 5) is 14.3. The van der Waals surface area contributed by atoms with Crippen LogP contribution in [0.2, 0.25) is 0 Å². The lowest BCUT2D eigenvalue weighted by atomic mass is 10.1. The maximum absolute atomic E-state index is 12.9. The number of nitrogens with zero attached hydrogens (tertiary/aromatic N) is 2. The van der Waals surface area contributed by atoms with Gasteiger partial charge in [-0.05, 0) is 37.0 Å². The molecule has 1 amide bonds. The summed E-state index contributed by atoms with van der Waals surface area (Å²) >= 11 is 0. The third-order valence-electron chi connectivity index (χ3n) is 4.42. The van der Waals surface area contributed by atoms with E-state index in [0.717, 1.165) is 24.2 Å². The summed E-state index contributed by atoms with van der Waals surface area (Å²) < 4.78 is 44.0. The number of hydrogen-bond donors (Lipinski definition) is 0. The number of aromatic nitrogens is 1. The van der Waals surface area contributed by atoms with Crippen molar-refractivity contribution >= 4 is 5.91 Å². The minimum absolute atomic E-state index is 0.0327. The van der Waals surface area contributed by atoms with E-state index in [-0.39, 0.29) is 17.5 Å². The Bertz CT molecular complexity index is 768. The van der Waals surface area contributed by atoms with E-state index in [1.165, 1.54) is 12.1 Å². The Hall–Kier alpha value is -2.31. The van der Waals surface area contributed by atoms with Gasteiger partial charge < -0.3 is 9.42 Å². The maximum Gasteiger partial charge on any atom is 0.416 e. The highest BCUT2D eigenvalue weighted by atomic mass is 19.4. The van der Waals surface area contributed by atoms with Crippen LogP contribution in [0.1, 0.15) is 66.0 Å². The van der Waals surface area contributed by atoms with Gasteiger partial charge in [0.25, 0.3) is 5.91 Å². The summed E-state index contributed by atoms with van der Waals surface area (Å²) in [5.41, 5.74) is 0.00884. The van der Waals surface area contributed by atoms with Crippen LogP contribution in [-0.2, 0) is 6.18 Å². The Balaban J connectivity index is 1.86. The largest absolute Gasteiger partial charge is 0.416 e. The first kappa shape index (κ1) is 17.5. The van der Waals surface area contributed by atoms with Crippen molar-refractivity contribution < 1.29 is 22.5 Å². The molecule has 1 aliphatic heterocycles. The van der Waals surface area contributed by atoms with Crippen molar-refractivity contribution in [1.29, 1.82) is 0 Å². The molecule has 0 unspecified atom stereocenters. The molecule has 2 aromatic rings. The van der Waals surface area contributed by atoms with Crippen molar-refractivity contribution in [2.45, 2.75) is 44.8 Å². The van der Waals surface area contributed by atoms with E-state index in [4.69, 9.17) is 4.52 Å². The zero-order chi connectivity index (χ0) is 18.2. The van der Waals surface area contributed by atoms with Gasteiger partial charge in [0.2, 0.25) is 0 Å². The molecular formula is C18H19F3N2O2. The lowest BCUT2D eigenvalue weighted by molar-refractivity contribution is -0.137. The summed E-state index contributed by atoms with van der Waals surface area (Å²) in [7, 11) is 0. The van der Waals surface area contributed by atoms with Gasteiger partial charge in [-0.1, -0.05) is 25.1 Å². The molecule has 1 aromatic carbocycles. The Morgan fingerprint density at radius 2 is 2.08 bits per heavy atom. The maximum atomic E-state index is 12.9. The molecule has 1 saturated heterocycles. The minimum atomic E-state index is -4.47. The van der Waals surface area contributed by atoms with Crippen molar-refractivity contribution in [3.05, 3.63) is 52.9 Å². The SMILES string of the molecule is CC(C)c1cc([C@@H]2CCCN2C(=O)c2cccc(C(F)(F)F)c2)on1. The van der Waals surface area contributed by atoms with Gasteiger partial charge in [-0.3, -0.25) is 4.79 Å². The number of alkyl halides is 3. The van der Waals surface area contributed by atoms with Gasteiger partial charge in [-0.15, -0.1) is 0 Å². The molecule has 2 heterocycles. The average Bonchev–Trinajstić information content (AvgIpc) is 3.22. The predicted molar refractivity (Wildman–Crippen MR) is 85.0 cm³/mol. The molecule has 7 heteroatoms. The summed E-state index contributed by atoms with van der Waals surface area (Å²) in [5, 5.41) is 4.01. The number of benzene rings is 1. The molecule has 0 bridgehead atoms. The van der Waals surface area contributed by atoms with Crippen molar-refractivity contribution in [2.75, 3.05) is 6.54 Å². The standard InChI is InChI=1S/C18H19F3N2O2/c1-11(2)14-10-16(25-22-14)15-7-4-8-23(15)17(24)12-5-3-6-13(9-12)18(19,20)21/h3,5-6,9-11,15H,4,7-8H2,1-2H3/t15-/m0/s1. The topological polar surface area (TPSA) is 46.3 Å². The number of hydrogen-bond acceptors (Lipinski definition) is 3. The molecule has 0 aliphatic carbocycles. The van der Waals surface area contributed by atoms with Crippen LogP contribution in [0.3, 0.4) is 0 Å². The Labute approximate surface area is 143 Å². The van der Waals surface area contributed by atoms with Gasteiger partial charge in [0.05, 0.1) is 17.3 Å². The number of carbonyl (C=O) groups is 1. The minimum Gasteiger partial charge on any atom is -0.359 e. The lowest BCUT2D eigenvalue weighted by Gasteiger charge is -2.23. The zero-order valence-electron chi connectivity index (χ0n) is 14.0. The molecule has 1 aromatic heterocycles. The second-order valence-corrected chi connectivity index (χ2v) is 6.54. The highest BCUT2D eigenvalue weighted by molar-refractivity contribution is 5.94. The third-order valence-corrected chi connectivity index (χ3v) is 4.42. The first-order valence-electron chi connectivity index (χ1n) is 8.22. The van der Waals surface area contributed by atoms with E-state index in [1.54, 1.807) is 4.90 Å². The van der Waals surface area contributed by atoms with E-state index in [9.17, 15) is 18.0 Å². The van der Waals surface area contributed by atoms with Crippen molar-refractivity contribution in [1.82, 2.24) is 10.1 Å². The fourth-order valence-electron chi connectivity index (χ4n) is 3.03. The smallest absolute Gasteiger partial charge is 0.359 e. The molecule has 134 valence electrons. The number of rotatable bonds is 3. The Morgan fingerprint density at radius 3 is 2.72 bits per heavy atom. The lowest BCUT2D eigenvalue weighted by Crippen LogP contribution is -2.30. The Kier molecular flexibility index (Phi) is 4.58. The number of halogens is 3. The molecule has 0 spiro atoms. The number of carbonyl (C=O) groups excluding carboxylic acids is 1. The summed E-state index contributed by atoms with van der Waals surface area (Å²) in [6.45, 7) is 4.46. The second kappa shape index (κ2) is 6.54. The van der Waals surface area contributed by atoms with Crippen molar-refractivity contribution in [3.63, 3.8) is 0 Å². The van der Waals surface area contributed by atoms with Gasteiger partial charge in [-0.25, -0.2) is 0 Å². The molecule has 0 radical (unpaired) electrons. The van der Waals surface area contributed by atoms with Gasteiger partial charge in [0.1, 0.15) is 0 Å². The molecule has 4 nitrogen and oxygen atoms in total. The van der Waals surface area contributed by atoms with E-state index in [1.807, 2.05) is 19.9 Å². The number of likely N-dealkylation sites (tertiary alicyclic amines) is 1. The molecule has 3 rings (SSSR count). The first-order valence-corrected chi connectivity index (χ1v) is 8.22.